The molecule has 0 fully saturated rings. The Labute approximate surface area is 381 Å². The van der Waals surface area contributed by atoms with E-state index in [0.29, 0.717) is 11.1 Å². The zero-order chi connectivity index (χ0) is 54.9. The van der Waals surface area contributed by atoms with Crippen molar-refractivity contribution in [2.75, 3.05) is 0 Å². The first-order chi connectivity index (χ1) is 37.4. The van der Waals surface area contributed by atoms with E-state index in [1.165, 1.54) is 0 Å². The molecule has 0 bridgehead atoms. The van der Waals surface area contributed by atoms with Gasteiger partial charge in [-0.2, -0.15) is 15.0 Å². The molecule has 3 heterocycles. The summed E-state index contributed by atoms with van der Waals surface area (Å²) in [5.41, 5.74) is 6.60. The molecular formula is C57H37N5. The molecule has 0 saturated carbocycles. The van der Waals surface area contributed by atoms with E-state index in [9.17, 15) is 5.48 Å². The molecule has 9 aromatic carbocycles. The van der Waals surface area contributed by atoms with Crippen LogP contribution in [-0.2, 0) is 0 Å². The van der Waals surface area contributed by atoms with Crippen molar-refractivity contribution in [1.29, 1.82) is 0 Å². The predicted molar refractivity (Wildman–Crippen MR) is 256 cm³/mol. The summed E-state index contributed by atoms with van der Waals surface area (Å²) in [5.74, 6) is -1.08. The van der Waals surface area contributed by atoms with Crippen molar-refractivity contribution in [3.63, 3.8) is 0 Å². The van der Waals surface area contributed by atoms with Crippen LogP contribution >= 0.6 is 0 Å². The normalized spacial score (nSPS) is 15.2. The minimum Gasteiger partial charge on any atom is -0.278 e. The van der Waals surface area contributed by atoms with Crippen LogP contribution in [0, 0.1) is 0 Å². The van der Waals surface area contributed by atoms with Gasteiger partial charge in [-0.25, -0.2) is 0 Å². The van der Waals surface area contributed by atoms with Crippen molar-refractivity contribution in [3.05, 3.63) is 224 Å². The van der Waals surface area contributed by atoms with Crippen molar-refractivity contribution in [2.45, 2.75) is 0 Å². The highest BCUT2D eigenvalue weighted by atomic mass is 15.3. The second-order valence-corrected chi connectivity index (χ2v) is 14.5. The van der Waals surface area contributed by atoms with Gasteiger partial charge in [0.25, 0.3) is 0 Å². The van der Waals surface area contributed by atoms with Gasteiger partial charge in [0.1, 0.15) is 0 Å². The van der Waals surface area contributed by atoms with Crippen molar-refractivity contribution >= 4 is 43.6 Å². The minimum atomic E-state index is -0.699. The van der Waals surface area contributed by atoms with Crippen LogP contribution in [0.25, 0.3) is 111 Å². The highest BCUT2D eigenvalue weighted by Crippen LogP contribution is 2.36. The topological polar surface area (TPSA) is 48.5 Å². The number of para-hydroxylation sites is 4. The first kappa shape index (κ1) is 22.8. The highest BCUT2D eigenvalue weighted by Gasteiger charge is 2.20. The van der Waals surface area contributed by atoms with Gasteiger partial charge >= 0.3 is 0 Å². The molecule has 12 aromatic rings. The number of fused-ring (bicyclic) bond motifs is 6. The molecule has 3 aromatic heterocycles. The van der Waals surface area contributed by atoms with Gasteiger partial charge in [0.15, 0.2) is 5.82 Å². The first-order valence-electron chi connectivity index (χ1n) is 27.6. The second kappa shape index (κ2) is 14.7. The summed E-state index contributed by atoms with van der Waals surface area (Å²) in [6.07, 6.45) is 0. The van der Waals surface area contributed by atoms with Crippen LogP contribution in [0.15, 0.2) is 224 Å². The molecule has 0 radical (unpaired) electrons. The van der Waals surface area contributed by atoms with Gasteiger partial charge in [0, 0.05) is 27.1 Å². The summed E-state index contributed by atoms with van der Waals surface area (Å²) in [6, 6.07) is 31.2. The monoisotopic (exact) mass is 807 g/mol. The van der Waals surface area contributed by atoms with E-state index in [-0.39, 0.29) is 49.4 Å². The molecule has 0 N–H and O–H groups in total. The Bertz CT molecular complexity index is 4260. The third kappa shape index (κ3) is 6.06. The smallest absolute Gasteiger partial charge is 0.240 e. The van der Waals surface area contributed by atoms with Crippen LogP contribution in [0.3, 0.4) is 0 Å². The Balaban J connectivity index is 1.11. The third-order valence-electron chi connectivity index (χ3n) is 10.9. The lowest BCUT2D eigenvalue weighted by Gasteiger charge is -2.13. The van der Waals surface area contributed by atoms with Gasteiger partial charge in [-0.15, -0.1) is 0 Å². The molecule has 0 saturated heterocycles. The van der Waals surface area contributed by atoms with E-state index in [1.54, 1.807) is 18.2 Å². The van der Waals surface area contributed by atoms with Crippen molar-refractivity contribution in [3.8, 4) is 67.8 Å². The van der Waals surface area contributed by atoms with Crippen molar-refractivity contribution in [2.24, 2.45) is 0 Å². The highest BCUT2D eigenvalue weighted by molar-refractivity contribution is 6.10. The fourth-order valence-corrected chi connectivity index (χ4v) is 8.03. The molecule has 5 nitrogen and oxygen atoms in total. The quantitative estimate of drug-likeness (QED) is 0.161. The van der Waals surface area contributed by atoms with Crippen LogP contribution in [0.1, 0.15) is 21.9 Å². The van der Waals surface area contributed by atoms with Crippen LogP contribution in [-0.4, -0.2) is 24.1 Å². The summed E-state index contributed by atoms with van der Waals surface area (Å²) in [4.78, 5) is 14.6. The summed E-state index contributed by atoms with van der Waals surface area (Å²) in [6.45, 7) is 0. The first-order valence-corrected chi connectivity index (χ1v) is 19.6. The Morgan fingerprint density at radius 1 is 0.290 bits per heavy atom. The lowest BCUT2D eigenvalue weighted by Crippen LogP contribution is -2.10. The molecule has 290 valence electrons. The Hall–Kier alpha value is -8.41. The van der Waals surface area contributed by atoms with E-state index >= 15 is 0 Å². The molecule has 62 heavy (non-hydrogen) atoms. The van der Waals surface area contributed by atoms with Gasteiger partial charge < -0.3 is 0 Å². The van der Waals surface area contributed by atoms with Gasteiger partial charge in [0.05, 0.1) is 44.0 Å². The average molecular weight is 808 g/mol. The molecule has 12 rings (SSSR count). The summed E-state index contributed by atoms with van der Waals surface area (Å²) < 4.78 is 145. The fourth-order valence-electron chi connectivity index (χ4n) is 8.03. The minimum absolute atomic E-state index is 0.146. The van der Waals surface area contributed by atoms with Gasteiger partial charge in [-0.3, -0.25) is 9.13 Å². The maximum Gasteiger partial charge on any atom is 0.240 e. The molecule has 0 unspecified atom stereocenters. The summed E-state index contributed by atoms with van der Waals surface area (Å²) in [7, 11) is 0. The zero-order valence-corrected chi connectivity index (χ0v) is 32.4. The van der Waals surface area contributed by atoms with E-state index in [1.807, 2.05) is 66.7 Å². The fraction of sp³-hybridized carbons (Fsp3) is 0. The van der Waals surface area contributed by atoms with Crippen molar-refractivity contribution in [1.82, 2.24) is 24.1 Å². The number of hydrogen-bond donors (Lipinski definition) is 0. The zero-order valence-electron chi connectivity index (χ0n) is 48.4. The van der Waals surface area contributed by atoms with E-state index in [2.05, 4.69) is 42.5 Å². The Morgan fingerprint density at radius 3 is 0.952 bits per heavy atom. The molecule has 5 heteroatoms. The lowest BCUT2D eigenvalue weighted by molar-refractivity contribution is 0.893. The van der Waals surface area contributed by atoms with Crippen LogP contribution in [0.4, 0.5) is 0 Å². The number of aromatic nitrogens is 5. The molecule has 0 aliphatic heterocycles. The van der Waals surface area contributed by atoms with Crippen LogP contribution < -0.4 is 0 Å². The number of benzene rings is 9. The van der Waals surface area contributed by atoms with Gasteiger partial charge in [-0.1, -0.05) is 176 Å². The van der Waals surface area contributed by atoms with E-state index < -0.39 is 109 Å². The lowest BCUT2D eigenvalue weighted by atomic mass is 9.94. The molecular weight excluding hydrogens is 755 g/mol. The largest absolute Gasteiger partial charge is 0.278 e. The Kier molecular flexibility index (Phi) is 5.41. The second-order valence-electron chi connectivity index (χ2n) is 14.5. The van der Waals surface area contributed by atoms with Crippen LogP contribution in [0.5, 0.6) is 0 Å². The number of hydrogen-bond acceptors (Lipinski definition) is 3. The average Bonchev–Trinajstić information content (AvgIpc) is 4.17. The SMILES string of the molecule is [2H]c1c([2H])c([2H])c2c(c1[2H])c1c([2H])c([2H])c([2H])c([2H])c1n2-c1nc(-c2cccc(-c3cccc(-c4cccc(-c5cccc(-c6ccccc6)c5)c4)c3)c2)nc(-n2c3c([2H])c([2H])c([2H])c([2H])c3c3c([2H])c([2H])c([2H])c([2H])c32)n1. The molecule has 0 atom stereocenters. The van der Waals surface area contributed by atoms with Crippen molar-refractivity contribution < 1.29 is 21.9 Å². The van der Waals surface area contributed by atoms with Crippen LogP contribution in [0.2, 0.25) is 0 Å². The maximum absolute atomic E-state index is 9.24. The Morgan fingerprint density at radius 2 is 0.581 bits per heavy atom. The van der Waals surface area contributed by atoms with Gasteiger partial charge in [-0.05, 0) is 92.9 Å². The van der Waals surface area contributed by atoms with E-state index in [4.69, 9.17) is 31.4 Å². The molecule has 0 aliphatic carbocycles. The predicted octanol–water partition coefficient (Wildman–Crippen LogP) is 14.4. The van der Waals surface area contributed by atoms with E-state index in [0.717, 1.165) is 48.1 Å². The maximum atomic E-state index is 9.24. The van der Waals surface area contributed by atoms with Gasteiger partial charge in [0.2, 0.25) is 11.9 Å². The number of rotatable bonds is 7. The molecule has 0 spiro atoms. The summed E-state index contributed by atoms with van der Waals surface area (Å²) >= 11 is 0. The summed E-state index contributed by atoms with van der Waals surface area (Å²) in [5, 5.41) is -1.06. The number of nitrogens with zero attached hydrogens (tertiary/aromatic N) is 5. The molecule has 0 aliphatic rings. The third-order valence-corrected chi connectivity index (χ3v) is 10.9. The molecule has 0 amide bonds. The standard InChI is InChI=1S/C57H37N5/c1-2-16-38(17-3-1)39-18-12-19-40(34-39)41-20-13-21-42(35-41)43-22-14-23-44(36-43)45-24-15-25-46(37-45)55-58-56(61-51-30-8-4-26-47(51)48-27-5-9-31-52(48)61)60-57(59-55)62-53-32-10-6-28-49(53)50-29-7-11-33-54(50)62/h1-37H/i4D,5D,6D,7D,8D,9D,10D,11D,26D,27D,28D,29D,30D,31D,32D,33D.